The van der Waals surface area contributed by atoms with Crippen LogP contribution in [-0.4, -0.2) is 32.5 Å². The zero-order valence-electron chi connectivity index (χ0n) is 11.2. The Bertz CT molecular complexity index is 629. The quantitative estimate of drug-likeness (QED) is 0.605. The summed E-state index contributed by atoms with van der Waals surface area (Å²) in [5.74, 6) is -1.06. The lowest BCUT2D eigenvalue weighted by Crippen LogP contribution is -2.30. The third-order valence-corrected chi connectivity index (χ3v) is 4.83. The monoisotopic (exact) mass is 317 g/mol. The number of nitro groups is 1. The highest BCUT2D eigenvalue weighted by molar-refractivity contribution is 7.89. The second-order valence-corrected chi connectivity index (χ2v) is 6.62. The van der Waals surface area contributed by atoms with Gasteiger partial charge in [-0.3, -0.25) is 10.1 Å². The average molecular weight is 317 g/mol. The van der Waals surface area contributed by atoms with Crippen molar-refractivity contribution in [3.8, 4) is 0 Å². The number of nitrogens with one attached hydrogen (secondary N) is 2. The van der Waals surface area contributed by atoms with E-state index < -0.39 is 26.5 Å². The van der Waals surface area contributed by atoms with Gasteiger partial charge < -0.3 is 5.32 Å². The third kappa shape index (κ3) is 3.96. The largest absolute Gasteiger partial charge is 0.314 e. The molecule has 7 nitrogen and oxygen atoms in total. The molecule has 1 aliphatic heterocycles. The van der Waals surface area contributed by atoms with Gasteiger partial charge in [0, 0.05) is 18.7 Å². The van der Waals surface area contributed by atoms with Crippen molar-refractivity contribution in [1.82, 2.24) is 10.0 Å². The number of sulfonamides is 1. The lowest BCUT2D eigenvalue weighted by atomic mass is 10.2. The normalized spacial score (nSPS) is 18.8. The molecule has 21 heavy (non-hydrogen) atoms. The predicted octanol–water partition coefficient (Wildman–Crippen LogP) is 1.15. The topological polar surface area (TPSA) is 101 Å². The molecule has 0 spiro atoms. The van der Waals surface area contributed by atoms with Crippen LogP contribution in [0.5, 0.6) is 0 Å². The summed E-state index contributed by atoms with van der Waals surface area (Å²) in [6, 6.07) is 2.81. The SMILES string of the molecule is O=[N+]([O-])c1cc(S(=O)(=O)NCC[C@@H]2CCCN2)ccc1F. The van der Waals surface area contributed by atoms with Gasteiger partial charge in [0.15, 0.2) is 0 Å². The van der Waals surface area contributed by atoms with Gasteiger partial charge >= 0.3 is 5.69 Å². The Morgan fingerprint density at radius 1 is 1.48 bits per heavy atom. The van der Waals surface area contributed by atoms with Crippen molar-refractivity contribution in [3.05, 3.63) is 34.1 Å². The number of benzene rings is 1. The van der Waals surface area contributed by atoms with Crippen molar-refractivity contribution in [3.63, 3.8) is 0 Å². The third-order valence-electron chi connectivity index (χ3n) is 3.37. The summed E-state index contributed by atoms with van der Waals surface area (Å²) >= 11 is 0. The molecule has 1 aromatic rings. The number of rotatable bonds is 6. The van der Waals surface area contributed by atoms with Gasteiger partial charge in [0.2, 0.25) is 15.8 Å². The van der Waals surface area contributed by atoms with Crippen LogP contribution in [0.2, 0.25) is 0 Å². The van der Waals surface area contributed by atoms with E-state index in [0.29, 0.717) is 6.42 Å². The van der Waals surface area contributed by atoms with Gasteiger partial charge in [-0.25, -0.2) is 13.1 Å². The number of hydrogen-bond donors (Lipinski definition) is 2. The van der Waals surface area contributed by atoms with Gasteiger partial charge in [0.25, 0.3) is 0 Å². The average Bonchev–Trinajstić information content (AvgIpc) is 2.91. The van der Waals surface area contributed by atoms with E-state index in [1.54, 1.807) is 0 Å². The standard InChI is InChI=1S/C12H16FN3O4S/c13-11-4-3-10(8-12(11)16(17)18)21(19,20)15-7-5-9-2-1-6-14-9/h3-4,8-9,14-15H,1-2,5-7H2/t9-/m0/s1. The maximum absolute atomic E-state index is 13.2. The summed E-state index contributed by atoms with van der Waals surface area (Å²) in [4.78, 5) is 9.37. The van der Waals surface area contributed by atoms with E-state index in [-0.39, 0.29) is 17.5 Å². The molecule has 9 heteroatoms. The predicted molar refractivity (Wildman–Crippen MR) is 73.9 cm³/mol. The van der Waals surface area contributed by atoms with E-state index in [2.05, 4.69) is 10.0 Å². The summed E-state index contributed by atoms with van der Waals surface area (Å²) in [5, 5.41) is 13.9. The second kappa shape index (κ2) is 6.46. The van der Waals surface area contributed by atoms with Crippen LogP contribution in [0, 0.1) is 15.9 Å². The highest BCUT2D eigenvalue weighted by Crippen LogP contribution is 2.21. The lowest BCUT2D eigenvalue weighted by molar-refractivity contribution is -0.387. The van der Waals surface area contributed by atoms with Crippen molar-refractivity contribution in [2.75, 3.05) is 13.1 Å². The molecule has 0 saturated carbocycles. The highest BCUT2D eigenvalue weighted by atomic mass is 32.2. The van der Waals surface area contributed by atoms with Gasteiger partial charge in [-0.2, -0.15) is 4.39 Å². The van der Waals surface area contributed by atoms with Gasteiger partial charge in [-0.05, 0) is 37.9 Å². The van der Waals surface area contributed by atoms with E-state index in [9.17, 15) is 22.9 Å². The Hall–Kier alpha value is -1.58. The molecule has 0 aromatic heterocycles. The maximum atomic E-state index is 13.2. The minimum atomic E-state index is -3.87. The maximum Gasteiger partial charge on any atom is 0.306 e. The van der Waals surface area contributed by atoms with Crippen molar-refractivity contribution < 1.29 is 17.7 Å². The van der Waals surface area contributed by atoms with Crippen LogP contribution in [0.4, 0.5) is 10.1 Å². The van der Waals surface area contributed by atoms with E-state index >= 15 is 0 Å². The molecular formula is C12H16FN3O4S. The minimum absolute atomic E-state index is 0.227. The fourth-order valence-electron chi connectivity index (χ4n) is 2.25. The van der Waals surface area contributed by atoms with E-state index in [4.69, 9.17) is 0 Å². The first-order valence-electron chi connectivity index (χ1n) is 6.57. The molecule has 1 aromatic carbocycles. The Labute approximate surface area is 121 Å². The summed E-state index contributed by atoms with van der Waals surface area (Å²) < 4.78 is 39.6. The first-order chi connectivity index (χ1) is 9.90. The van der Waals surface area contributed by atoms with Crippen LogP contribution in [0.1, 0.15) is 19.3 Å². The van der Waals surface area contributed by atoms with E-state index in [1.165, 1.54) is 0 Å². The summed E-state index contributed by atoms with van der Waals surface area (Å²) in [6.45, 7) is 1.16. The Morgan fingerprint density at radius 2 is 2.24 bits per heavy atom. The molecule has 1 aliphatic rings. The highest BCUT2D eigenvalue weighted by Gasteiger charge is 2.22. The smallest absolute Gasteiger partial charge is 0.306 e. The van der Waals surface area contributed by atoms with Crippen molar-refractivity contribution >= 4 is 15.7 Å². The first kappa shape index (κ1) is 15.8. The first-order valence-corrected chi connectivity index (χ1v) is 8.05. The van der Waals surface area contributed by atoms with Crippen molar-refractivity contribution in [2.45, 2.75) is 30.2 Å². The zero-order valence-corrected chi connectivity index (χ0v) is 12.0. The van der Waals surface area contributed by atoms with Crippen LogP contribution < -0.4 is 10.0 Å². The van der Waals surface area contributed by atoms with Crippen molar-refractivity contribution in [1.29, 1.82) is 0 Å². The fraction of sp³-hybridized carbons (Fsp3) is 0.500. The molecule has 0 amide bonds. The Kier molecular flexibility index (Phi) is 4.86. The second-order valence-electron chi connectivity index (χ2n) is 4.85. The number of hydrogen-bond acceptors (Lipinski definition) is 5. The molecule has 0 bridgehead atoms. The molecule has 116 valence electrons. The fourth-order valence-corrected chi connectivity index (χ4v) is 3.32. The Morgan fingerprint density at radius 3 is 2.86 bits per heavy atom. The molecule has 1 fully saturated rings. The number of nitro benzene ring substituents is 1. The molecule has 1 heterocycles. The summed E-state index contributed by atoms with van der Waals surface area (Å²) in [6.07, 6.45) is 2.72. The van der Waals surface area contributed by atoms with Gasteiger partial charge in [-0.1, -0.05) is 0 Å². The summed E-state index contributed by atoms with van der Waals surface area (Å²) in [5.41, 5.74) is -0.852. The van der Waals surface area contributed by atoms with Gasteiger partial charge in [-0.15, -0.1) is 0 Å². The number of halogens is 1. The van der Waals surface area contributed by atoms with Crippen LogP contribution in [-0.2, 0) is 10.0 Å². The lowest BCUT2D eigenvalue weighted by Gasteiger charge is -2.11. The van der Waals surface area contributed by atoms with Crippen LogP contribution >= 0.6 is 0 Å². The van der Waals surface area contributed by atoms with Crippen LogP contribution in [0.25, 0.3) is 0 Å². The Balaban J connectivity index is 2.04. The van der Waals surface area contributed by atoms with E-state index in [1.807, 2.05) is 0 Å². The minimum Gasteiger partial charge on any atom is -0.314 e. The van der Waals surface area contributed by atoms with Crippen LogP contribution in [0.15, 0.2) is 23.1 Å². The molecule has 1 atom stereocenters. The van der Waals surface area contributed by atoms with E-state index in [0.717, 1.165) is 37.6 Å². The molecule has 0 unspecified atom stereocenters. The number of nitrogens with zero attached hydrogens (tertiary/aromatic N) is 1. The molecule has 0 aliphatic carbocycles. The molecule has 0 radical (unpaired) electrons. The molecular weight excluding hydrogens is 301 g/mol. The van der Waals surface area contributed by atoms with Crippen LogP contribution in [0.3, 0.4) is 0 Å². The van der Waals surface area contributed by atoms with Crippen molar-refractivity contribution in [2.24, 2.45) is 0 Å². The molecule has 1 saturated heterocycles. The molecule has 2 rings (SSSR count). The van der Waals surface area contributed by atoms with Gasteiger partial charge in [0.05, 0.1) is 9.82 Å². The zero-order chi connectivity index (χ0) is 15.5. The van der Waals surface area contributed by atoms with Gasteiger partial charge in [0.1, 0.15) is 0 Å². The molecule has 2 N–H and O–H groups in total. The summed E-state index contributed by atoms with van der Waals surface area (Å²) in [7, 11) is -3.87.